The molecule has 2 heterocycles. The number of fused-ring (bicyclic) bond motifs is 1. The van der Waals surface area contributed by atoms with Gasteiger partial charge in [-0.2, -0.15) is 0 Å². The maximum Gasteiger partial charge on any atom is 0.338 e. The number of nitrogens with zero attached hydrogens (tertiary/aromatic N) is 2. The van der Waals surface area contributed by atoms with Gasteiger partial charge >= 0.3 is 5.97 Å². The number of hydrogen-bond acceptors (Lipinski definition) is 6. The van der Waals surface area contributed by atoms with Crippen LogP contribution < -0.4 is 19.6 Å². The maximum atomic E-state index is 14.1. The molecule has 0 bridgehead atoms. The topological polar surface area (TPSA) is 69.9 Å². The number of carbonyl (C=O) groups is 1. The molecule has 0 N–H and O–H groups in total. The molecular weight excluding hydrogens is 580 g/mol. The normalized spacial score (nSPS) is 14.7. The highest BCUT2D eigenvalue weighted by Crippen LogP contribution is 2.35. The molecule has 43 heavy (non-hydrogen) atoms. The number of thiazole rings is 1. The first-order chi connectivity index (χ1) is 21.0. The molecule has 0 saturated carbocycles. The van der Waals surface area contributed by atoms with Crippen molar-refractivity contribution in [3.05, 3.63) is 162 Å². The Bertz CT molecular complexity index is 2000. The van der Waals surface area contributed by atoms with Crippen LogP contribution in [0.3, 0.4) is 0 Å². The van der Waals surface area contributed by atoms with Gasteiger partial charge in [-0.1, -0.05) is 114 Å². The molecule has 4 aromatic carbocycles. The summed E-state index contributed by atoms with van der Waals surface area (Å²) in [6.45, 7) is 2.28. The highest BCUT2D eigenvalue weighted by molar-refractivity contribution is 7.07. The molecule has 0 amide bonds. The first-order valence-corrected chi connectivity index (χ1v) is 15.0. The standard InChI is InChI=1S/C35H27ClN2O4S/c1-2-41-34(40)30-31(24-13-5-3-6-14-24)37-35-38(32(30)25-15-7-4-8-16-25)33(39)29(43-35)21-23-12-11-18-27(20-23)42-22-26-17-9-10-19-28(26)36/h3-21,32H,2,22H2,1H3/b29-21+/t32-/m1/s1. The fourth-order valence-electron chi connectivity index (χ4n) is 5.01. The molecule has 1 aliphatic rings. The average molecular weight is 607 g/mol. The molecule has 1 aliphatic heterocycles. The molecule has 0 radical (unpaired) electrons. The van der Waals surface area contributed by atoms with Crippen molar-refractivity contribution in [2.75, 3.05) is 6.61 Å². The molecule has 6 nitrogen and oxygen atoms in total. The number of benzene rings is 4. The summed E-state index contributed by atoms with van der Waals surface area (Å²) >= 11 is 7.57. The number of aromatic nitrogens is 1. The second-order valence-corrected chi connectivity index (χ2v) is 11.2. The van der Waals surface area contributed by atoms with Gasteiger partial charge in [0.1, 0.15) is 12.4 Å². The second kappa shape index (κ2) is 12.7. The number of halogens is 1. The van der Waals surface area contributed by atoms with Crippen molar-refractivity contribution in [1.29, 1.82) is 0 Å². The smallest absolute Gasteiger partial charge is 0.338 e. The fraction of sp³-hybridized carbons (Fsp3) is 0.114. The summed E-state index contributed by atoms with van der Waals surface area (Å²) in [7, 11) is 0. The third-order valence-corrected chi connectivity index (χ3v) is 8.35. The van der Waals surface area contributed by atoms with E-state index in [9.17, 15) is 9.59 Å². The number of hydrogen-bond donors (Lipinski definition) is 0. The Hall–Kier alpha value is -4.72. The van der Waals surface area contributed by atoms with E-state index in [4.69, 9.17) is 26.1 Å². The Morgan fingerprint density at radius 1 is 0.953 bits per heavy atom. The molecule has 6 rings (SSSR count). The second-order valence-electron chi connectivity index (χ2n) is 9.79. The van der Waals surface area contributed by atoms with E-state index in [2.05, 4.69) is 0 Å². The van der Waals surface area contributed by atoms with E-state index in [0.717, 1.165) is 22.3 Å². The van der Waals surface area contributed by atoms with E-state index in [1.54, 1.807) is 11.5 Å². The largest absolute Gasteiger partial charge is 0.489 e. The summed E-state index contributed by atoms with van der Waals surface area (Å²) in [4.78, 5) is 33.0. The quantitative estimate of drug-likeness (QED) is 0.198. The molecule has 0 unspecified atom stereocenters. The van der Waals surface area contributed by atoms with Gasteiger partial charge in [0, 0.05) is 16.1 Å². The van der Waals surface area contributed by atoms with Crippen molar-refractivity contribution in [2.45, 2.75) is 19.6 Å². The predicted octanol–water partition coefficient (Wildman–Crippen LogP) is 6.17. The molecule has 0 aliphatic carbocycles. The lowest BCUT2D eigenvalue weighted by Crippen LogP contribution is -2.39. The molecule has 0 fully saturated rings. The Morgan fingerprint density at radius 3 is 2.42 bits per heavy atom. The molecule has 214 valence electrons. The zero-order valence-electron chi connectivity index (χ0n) is 23.3. The van der Waals surface area contributed by atoms with Gasteiger partial charge in [-0.15, -0.1) is 0 Å². The van der Waals surface area contributed by atoms with Crippen LogP contribution in [0.25, 0.3) is 11.8 Å². The van der Waals surface area contributed by atoms with Crippen LogP contribution in [0.1, 0.15) is 35.2 Å². The van der Waals surface area contributed by atoms with Crippen molar-refractivity contribution in [3.63, 3.8) is 0 Å². The number of carbonyl (C=O) groups excluding carboxylic acids is 1. The minimum atomic E-state index is -0.709. The van der Waals surface area contributed by atoms with Crippen LogP contribution in [0.15, 0.2) is 125 Å². The number of rotatable bonds is 8. The van der Waals surface area contributed by atoms with Crippen molar-refractivity contribution in [2.24, 2.45) is 4.99 Å². The van der Waals surface area contributed by atoms with Gasteiger partial charge in [-0.25, -0.2) is 9.79 Å². The van der Waals surface area contributed by atoms with Gasteiger partial charge in [0.25, 0.3) is 5.56 Å². The van der Waals surface area contributed by atoms with Crippen LogP contribution in [-0.4, -0.2) is 17.1 Å². The lowest BCUT2D eigenvalue weighted by atomic mass is 9.93. The third-order valence-electron chi connectivity index (χ3n) is 7.00. The summed E-state index contributed by atoms with van der Waals surface area (Å²) in [6.07, 6.45) is 1.82. The summed E-state index contributed by atoms with van der Waals surface area (Å²) in [6, 6.07) is 33.4. The van der Waals surface area contributed by atoms with E-state index in [-0.39, 0.29) is 12.2 Å². The van der Waals surface area contributed by atoms with Crippen molar-refractivity contribution < 1.29 is 14.3 Å². The van der Waals surface area contributed by atoms with Gasteiger partial charge in [-0.3, -0.25) is 9.36 Å². The predicted molar refractivity (Wildman–Crippen MR) is 170 cm³/mol. The number of ether oxygens (including phenoxy) is 2. The van der Waals surface area contributed by atoms with Gasteiger partial charge < -0.3 is 9.47 Å². The molecule has 8 heteroatoms. The van der Waals surface area contributed by atoms with E-state index in [0.29, 0.717) is 38.0 Å². The van der Waals surface area contributed by atoms with Crippen LogP contribution in [0.4, 0.5) is 0 Å². The molecule has 1 atom stereocenters. The monoisotopic (exact) mass is 606 g/mol. The Morgan fingerprint density at radius 2 is 1.67 bits per heavy atom. The van der Waals surface area contributed by atoms with Crippen LogP contribution in [-0.2, 0) is 16.1 Å². The zero-order chi connectivity index (χ0) is 29.8. The van der Waals surface area contributed by atoms with Gasteiger partial charge in [-0.05, 0) is 42.3 Å². The van der Waals surface area contributed by atoms with Crippen molar-refractivity contribution >= 4 is 40.7 Å². The number of esters is 1. The first kappa shape index (κ1) is 28.4. The minimum absolute atomic E-state index is 0.200. The summed E-state index contributed by atoms with van der Waals surface area (Å²) < 4.78 is 13.6. The third kappa shape index (κ3) is 5.95. The lowest BCUT2D eigenvalue weighted by molar-refractivity contribution is -0.138. The Labute approximate surface area is 257 Å². The van der Waals surface area contributed by atoms with Crippen molar-refractivity contribution in [1.82, 2.24) is 4.57 Å². The van der Waals surface area contributed by atoms with Crippen LogP contribution in [0.2, 0.25) is 5.02 Å². The molecule has 1 aromatic heterocycles. The van der Waals surface area contributed by atoms with E-state index in [1.165, 1.54) is 11.3 Å². The molecule has 0 spiro atoms. The van der Waals surface area contributed by atoms with E-state index in [1.807, 2.05) is 115 Å². The van der Waals surface area contributed by atoms with Gasteiger partial charge in [0.05, 0.1) is 28.5 Å². The Kier molecular flexibility index (Phi) is 8.36. The van der Waals surface area contributed by atoms with Gasteiger partial charge in [0.2, 0.25) is 0 Å². The van der Waals surface area contributed by atoms with E-state index < -0.39 is 12.0 Å². The highest BCUT2D eigenvalue weighted by Gasteiger charge is 2.35. The minimum Gasteiger partial charge on any atom is -0.489 e. The van der Waals surface area contributed by atoms with Gasteiger partial charge in [0.15, 0.2) is 4.80 Å². The summed E-state index contributed by atoms with van der Waals surface area (Å²) in [5, 5.41) is 0.643. The van der Waals surface area contributed by atoms with Crippen molar-refractivity contribution in [3.8, 4) is 5.75 Å². The summed E-state index contributed by atoms with van der Waals surface area (Å²) in [5.41, 5.74) is 3.82. The molecule has 0 saturated heterocycles. The Balaban J connectivity index is 1.47. The lowest BCUT2D eigenvalue weighted by Gasteiger charge is -2.25. The molecule has 5 aromatic rings. The molecular formula is C35H27ClN2O4S. The fourth-order valence-corrected chi connectivity index (χ4v) is 6.20. The van der Waals surface area contributed by atoms with E-state index >= 15 is 0 Å². The SMILES string of the molecule is CCOC(=O)C1=C(c2ccccc2)N=c2s/c(=C/c3cccc(OCc4ccccc4Cl)c3)c(=O)n2[C@@H]1c1ccccc1. The zero-order valence-corrected chi connectivity index (χ0v) is 24.8. The maximum absolute atomic E-state index is 14.1. The first-order valence-electron chi connectivity index (χ1n) is 13.8. The summed E-state index contributed by atoms with van der Waals surface area (Å²) in [5.74, 6) is 0.149. The van der Waals surface area contributed by atoms with Crippen LogP contribution in [0, 0.1) is 0 Å². The van der Waals surface area contributed by atoms with Crippen LogP contribution in [0.5, 0.6) is 5.75 Å². The van der Waals surface area contributed by atoms with Crippen LogP contribution >= 0.6 is 22.9 Å². The average Bonchev–Trinajstić information content (AvgIpc) is 3.35. The highest BCUT2D eigenvalue weighted by atomic mass is 35.5.